The number of methoxy groups -OCH3 is 1. The minimum atomic E-state index is 0.635. The van der Waals surface area contributed by atoms with Crippen LogP contribution in [0.2, 0.25) is 0 Å². The van der Waals surface area contributed by atoms with E-state index in [-0.39, 0.29) is 0 Å². The van der Waals surface area contributed by atoms with Gasteiger partial charge in [0.05, 0.1) is 13.7 Å². The molecular formula is C11H17NO2. The molecule has 1 aromatic rings. The smallest absolute Gasteiger partial charge is 0.161 e. The summed E-state index contributed by atoms with van der Waals surface area (Å²) in [6.45, 7) is 3.31. The summed E-state index contributed by atoms with van der Waals surface area (Å²) in [6.07, 6.45) is 0.858. The van der Waals surface area contributed by atoms with Crippen LogP contribution >= 0.6 is 0 Å². The van der Waals surface area contributed by atoms with Gasteiger partial charge in [-0.05, 0) is 37.6 Å². The molecule has 2 N–H and O–H groups in total. The predicted octanol–water partition coefficient (Wildman–Crippen LogP) is 1.73. The molecule has 0 aliphatic heterocycles. The minimum Gasteiger partial charge on any atom is -0.493 e. The molecule has 0 radical (unpaired) electrons. The summed E-state index contributed by atoms with van der Waals surface area (Å²) in [5.74, 6) is 1.56. The lowest BCUT2D eigenvalue weighted by atomic mass is 10.2. The van der Waals surface area contributed by atoms with Crippen LogP contribution in [0, 0.1) is 6.92 Å². The van der Waals surface area contributed by atoms with E-state index in [4.69, 9.17) is 15.2 Å². The first kappa shape index (κ1) is 10.9. The fraction of sp³-hybridized carbons (Fsp3) is 0.455. The summed E-state index contributed by atoms with van der Waals surface area (Å²) in [5, 5.41) is 0. The topological polar surface area (TPSA) is 44.5 Å². The molecule has 0 heterocycles. The average Bonchev–Trinajstić information content (AvgIpc) is 2.19. The van der Waals surface area contributed by atoms with E-state index < -0.39 is 0 Å². The zero-order chi connectivity index (χ0) is 10.4. The molecule has 0 saturated heterocycles. The fourth-order valence-corrected chi connectivity index (χ4v) is 1.16. The van der Waals surface area contributed by atoms with Crippen LogP contribution in [-0.2, 0) is 0 Å². The number of ether oxygens (including phenoxy) is 2. The van der Waals surface area contributed by atoms with Crippen molar-refractivity contribution < 1.29 is 9.47 Å². The molecule has 0 bridgehead atoms. The van der Waals surface area contributed by atoms with E-state index in [2.05, 4.69) is 0 Å². The van der Waals surface area contributed by atoms with Crippen molar-refractivity contribution in [3.8, 4) is 11.5 Å². The monoisotopic (exact) mass is 195 g/mol. The molecule has 0 aliphatic rings. The Hall–Kier alpha value is -1.22. The lowest BCUT2D eigenvalue weighted by Crippen LogP contribution is -2.06. The minimum absolute atomic E-state index is 0.635. The predicted molar refractivity (Wildman–Crippen MR) is 56.9 cm³/mol. The highest BCUT2D eigenvalue weighted by molar-refractivity contribution is 5.42. The Labute approximate surface area is 84.8 Å². The molecule has 0 spiro atoms. The Kier molecular flexibility index (Phi) is 4.26. The average molecular weight is 195 g/mol. The van der Waals surface area contributed by atoms with Gasteiger partial charge in [-0.2, -0.15) is 0 Å². The second-order valence-electron chi connectivity index (χ2n) is 3.15. The van der Waals surface area contributed by atoms with Crippen molar-refractivity contribution in [3.05, 3.63) is 23.8 Å². The van der Waals surface area contributed by atoms with Crippen molar-refractivity contribution in [2.45, 2.75) is 13.3 Å². The third kappa shape index (κ3) is 2.92. The van der Waals surface area contributed by atoms with Crippen molar-refractivity contribution in [2.75, 3.05) is 20.3 Å². The summed E-state index contributed by atoms with van der Waals surface area (Å²) in [5.41, 5.74) is 6.54. The standard InChI is InChI=1S/C11H17NO2/c1-9-4-5-10(13-2)11(8-9)14-7-3-6-12/h4-5,8H,3,6-7,12H2,1-2H3. The van der Waals surface area contributed by atoms with Gasteiger partial charge < -0.3 is 15.2 Å². The third-order valence-corrected chi connectivity index (χ3v) is 1.93. The molecule has 78 valence electrons. The van der Waals surface area contributed by atoms with Crippen LogP contribution in [0.3, 0.4) is 0 Å². The van der Waals surface area contributed by atoms with Gasteiger partial charge in [-0.15, -0.1) is 0 Å². The number of rotatable bonds is 5. The zero-order valence-corrected chi connectivity index (χ0v) is 8.75. The van der Waals surface area contributed by atoms with E-state index in [1.165, 1.54) is 0 Å². The Morgan fingerprint density at radius 1 is 1.29 bits per heavy atom. The van der Waals surface area contributed by atoms with Gasteiger partial charge in [0.2, 0.25) is 0 Å². The first-order valence-corrected chi connectivity index (χ1v) is 4.75. The number of hydrogen-bond acceptors (Lipinski definition) is 3. The Morgan fingerprint density at radius 2 is 2.07 bits per heavy atom. The normalized spacial score (nSPS) is 9.93. The van der Waals surface area contributed by atoms with E-state index in [1.54, 1.807) is 7.11 Å². The lowest BCUT2D eigenvalue weighted by Gasteiger charge is -2.10. The van der Waals surface area contributed by atoms with Gasteiger partial charge in [-0.25, -0.2) is 0 Å². The molecule has 0 aromatic heterocycles. The first-order chi connectivity index (χ1) is 6.77. The summed E-state index contributed by atoms with van der Waals surface area (Å²) < 4.78 is 10.7. The van der Waals surface area contributed by atoms with Gasteiger partial charge in [0.25, 0.3) is 0 Å². The van der Waals surface area contributed by atoms with E-state index >= 15 is 0 Å². The molecule has 3 nitrogen and oxygen atoms in total. The van der Waals surface area contributed by atoms with Crippen LogP contribution in [0.1, 0.15) is 12.0 Å². The number of hydrogen-bond donors (Lipinski definition) is 1. The van der Waals surface area contributed by atoms with E-state index in [0.29, 0.717) is 13.2 Å². The first-order valence-electron chi connectivity index (χ1n) is 4.75. The maximum atomic E-state index is 5.54. The second kappa shape index (κ2) is 5.50. The zero-order valence-electron chi connectivity index (χ0n) is 8.75. The molecule has 3 heteroatoms. The molecule has 1 aromatic carbocycles. The maximum Gasteiger partial charge on any atom is 0.161 e. The van der Waals surface area contributed by atoms with Gasteiger partial charge in [0.1, 0.15) is 0 Å². The molecule has 0 fully saturated rings. The van der Waals surface area contributed by atoms with Gasteiger partial charge in [0, 0.05) is 0 Å². The van der Waals surface area contributed by atoms with Crippen LogP contribution in [0.4, 0.5) is 0 Å². The van der Waals surface area contributed by atoms with Gasteiger partial charge in [-0.3, -0.25) is 0 Å². The van der Waals surface area contributed by atoms with E-state index in [0.717, 1.165) is 23.5 Å². The fourth-order valence-electron chi connectivity index (χ4n) is 1.16. The highest BCUT2D eigenvalue weighted by Crippen LogP contribution is 2.27. The summed E-state index contributed by atoms with van der Waals surface area (Å²) >= 11 is 0. The quantitative estimate of drug-likeness (QED) is 0.728. The van der Waals surface area contributed by atoms with Crippen LogP contribution in [0.15, 0.2) is 18.2 Å². The second-order valence-corrected chi connectivity index (χ2v) is 3.15. The van der Waals surface area contributed by atoms with Crippen LogP contribution in [-0.4, -0.2) is 20.3 Å². The molecule has 0 saturated carbocycles. The maximum absolute atomic E-state index is 5.54. The summed E-state index contributed by atoms with van der Waals surface area (Å²) in [6, 6.07) is 5.87. The van der Waals surface area contributed by atoms with Crippen molar-refractivity contribution >= 4 is 0 Å². The molecule has 0 aliphatic carbocycles. The molecule has 0 atom stereocenters. The highest BCUT2D eigenvalue weighted by atomic mass is 16.5. The van der Waals surface area contributed by atoms with Gasteiger partial charge in [0.15, 0.2) is 11.5 Å². The SMILES string of the molecule is COc1ccc(C)cc1OCCCN. The molecule has 0 unspecified atom stereocenters. The third-order valence-electron chi connectivity index (χ3n) is 1.93. The van der Waals surface area contributed by atoms with Crippen molar-refractivity contribution in [2.24, 2.45) is 5.73 Å². The van der Waals surface area contributed by atoms with Crippen LogP contribution in [0.5, 0.6) is 11.5 Å². The van der Waals surface area contributed by atoms with E-state index in [1.807, 2.05) is 25.1 Å². The van der Waals surface area contributed by atoms with Crippen molar-refractivity contribution in [1.82, 2.24) is 0 Å². The number of aryl methyl sites for hydroxylation is 1. The Morgan fingerprint density at radius 3 is 2.71 bits per heavy atom. The molecule has 14 heavy (non-hydrogen) atoms. The van der Waals surface area contributed by atoms with Crippen LogP contribution < -0.4 is 15.2 Å². The lowest BCUT2D eigenvalue weighted by molar-refractivity contribution is 0.291. The molecular weight excluding hydrogens is 178 g/mol. The van der Waals surface area contributed by atoms with Crippen molar-refractivity contribution in [1.29, 1.82) is 0 Å². The van der Waals surface area contributed by atoms with Gasteiger partial charge >= 0.3 is 0 Å². The highest BCUT2D eigenvalue weighted by Gasteiger charge is 2.03. The molecule has 1 rings (SSSR count). The van der Waals surface area contributed by atoms with E-state index in [9.17, 15) is 0 Å². The molecule has 0 amide bonds. The van der Waals surface area contributed by atoms with Crippen molar-refractivity contribution in [3.63, 3.8) is 0 Å². The summed E-state index contributed by atoms with van der Waals surface area (Å²) in [4.78, 5) is 0. The summed E-state index contributed by atoms with van der Waals surface area (Å²) in [7, 11) is 1.64. The number of benzene rings is 1. The Balaban J connectivity index is 2.67. The van der Waals surface area contributed by atoms with Gasteiger partial charge in [-0.1, -0.05) is 6.07 Å². The Bertz CT molecular complexity index is 287. The van der Waals surface area contributed by atoms with Crippen LogP contribution in [0.25, 0.3) is 0 Å². The largest absolute Gasteiger partial charge is 0.493 e. The number of nitrogens with two attached hydrogens (primary N) is 1.